The fourth-order valence-corrected chi connectivity index (χ4v) is 9.93. The first-order valence-corrected chi connectivity index (χ1v) is 20.1. The van der Waals surface area contributed by atoms with Crippen LogP contribution in [0.4, 0.5) is 17.1 Å². The van der Waals surface area contributed by atoms with Crippen LogP contribution in [0.3, 0.4) is 0 Å². The largest absolute Gasteiger partial charge is 0.310 e. The molecular formula is C54H37NS. The van der Waals surface area contributed by atoms with Gasteiger partial charge < -0.3 is 4.90 Å². The highest BCUT2D eigenvalue weighted by Crippen LogP contribution is 2.44. The van der Waals surface area contributed by atoms with Crippen LogP contribution >= 0.6 is 11.3 Å². The topological polar surface area (TPSA) is 3.24 Å². The minimum absolute atomic E-state index is 1.14. The maximum absolute atomic E-state index is 2.44. The quantitative estimate of drug-likeness (QED) is 0.159. The lowest BCUT2D eigenvalue weighted by molar-refractivity contribution is 1.26. The summed E-state index contributed by atoms with van der Waals surface area (Å²) in [5.74, 6) is 0. The van der Waals surface area contributed by atoms with Gasteiger partial charge in [0.2, 0.25) is 0 Å². The molecule has 0 radical (unpaired) electrons. The monoisotopic (exact) mass is 731 g/mol. The van der Waals surface area contributed by atoms with Gasteiger partial charge in [-0.25, -0.2) is 0 Å². The highest BCUT2D eigenvalue weighted by Gasteiger charge is 2.17. The standard InChI is InChI=1S/C54H37NS/c1-34-11-9-13-40(27-34)55(41-14-10-12-35(2)28-41)42-25-23-36-29-38(22-21-37(36)30-42)48-32-50-46-18-6-4-16-44(46)49(33-51(50)45-17-5-3-15-43(45)48)39-24-26-54-52(31-39)47-19-7-8-20-53(47)56-54/h3-33H,1-2H3. The first-order valence-electron chi connectivity index (χ1n) is 19.3. The zero-order valence-electron chi connectivity index (χ0n) is 31.3. The minimum Gasteiger partial charge on any atom is -0.310 e. The summed E-state index contributed by atoms with van der Waals surface area (Å²) in [6, 6.07) is 69.9. The van der Waals surface area contributed by atoms with Crippen molar-refractivity contribution in [2.24, 2.45) is 0 Å². The van der Waals surface area contributed by atoms with Crippen molar-refractivity contribution in [3.8, 4) is 22.3 Å². The number of fused-ring (bicyclic) bond motifs is 9. The molecule has 2 heteroatoms. The predicted octanol–water partition coefficient (Wildman–Crippen LogP) is 16.1. The summed E-state index contributed by atoms with van der Waals surface area (Å²) in [6.07, 6.45) is 0. The Morgan fingerprint density at radius 1 is 0.321 bits per heavy atom. The van der Waals surface area contributed by atoms with Crippen molar-refractivity contribution in [3.63, 3.8) is 0 Å². The molecule has 0 aliphatic heterocycles. The van der Waals surface area contributed by atoms with Gasteiger partial charge in [-0.05, 0) is 163 Å². The normalized spacial score (nSPS) is 11.8. The third-order valence-electron chi connectivity index (χ3n) is 11.5. The zero-order chi connectivity index (χ0) is 37.3. The molecule has 56 heavy (non-hydrogen) atoms. The fraction of sp³-hybridized carbons (Fsp3) is 0.0370. The molecule has 11 aromatic rings. The van der Waals surface area contributed by atoms with Gasteiger partial charge in [-0.1, -0.05) is 115 Å². The number of aryl methyl sites for hydroxylation is 2. The number of rotatable bonds is 5. The van der Waals surface area contributed by atoms with E-state index in [1.54, 1.807) is 0 Å². The Bertz CT molecular complexity index is 3300. The van der Waals surface area contributed by atoms with E-state index < -0.39 is 0 Å². The molecular weight excluding hydrogens is 695 g/mol. The van der Waals surface area contributed by atoms with Gasteiger partial charge in [-0.3, -0.25) is 0 Å². The van der Waals surface area contributed by atoms with Crippen molar-refractivity contribution in [3.05, 3.63) is 199 Å². The Kier molecular flexibility index (Phi) is 7.55. The predicted molar refractivity (Wildman–Crippen MR) is 244 cm³/mol. The highest BCUT2D eigenvalue weighted by molar-refractivity contribution is 7.25. The van der Waals surface area contributed by atoms with E-state index in [4.69, 9.17) is 0 Å². The van der Waals surface area contributed by atoms with Gasteiger partial charge in [0.15, 0.2) is 0 Å². The van der Waals surface area contributed by atoms with E-state index >= 15 is 0 Å². The molecule has 1 nitrogen and oxygen atoms in total. The minimum atomic E-state index is 1.14. The van der Waals surface area contributed by atoms with Gasteiger partial charge in [0.05, 0.1) is 0 Å². The second kappa shape index (κ2) is 12.9. The van der Waals surface area contributed by atoms with Crippen molar-refractivity contribution < 1.29 is 0 Å². The van der Waals surface area contributed by atoms with Gasteiger partial charge >= 0.3 is 0 Å². The molecule has 1 aromatic heterocycles. The lowest BCUT2D eigenvalue weighted by Gasteiger charge is -2.26. The summed E-state index contributed by atoms with van der Waals surface area (Å²) in [5, 5.41) is 12.8. The van der Waals surface area contributed by atoms with Crippen LogP contribution in [0.25, 0.3) is 85.5 Å². The molecule has 0 N–H and O–H groups in total. The van der Waals surface area contributed by atoms with Crippen LogP contribution in [0.1, 0.15) is 11.1 Å². The third-order valence-corrected chi connectivity index (χ3v) is 12.6. The van der Waals surface area contributed by atoms with Gasteiger partial charge in [0.25, 0.3) is 0 Å². The molecule has 0 saturated carbocycles. The Hall–Kier alpha value is -6.74. The molecule has 10 aromatic carbocycles. The van der Waals surface area contributed by atoms with Gasteiger partial charge in [0, 0.05) is 37.2 Å². The molecule has 0 bridgehead atoms. The van der Waals surface area contributed by atoms with Crippen LogP contribution in [-0.4, -0.2) is 0 Å². The van der Waals surface area contributed by atoms with Crippen molar-refractivity contribution in [1.82, 2.24) is 0 Å². The molecule has 264 valence electrons. The summed E-state index contributed by atoms with van der Waals surface area (Å²) in [5.41, 5.74) is 10.9. The number of anilines is 3. The van der Waals surface area contributed by atoms with E-state index in [-0.39, 0.29) is 0 Å². The molecule has 0 aliphatic carbocycles. The summed E-state index contributed by atoms with van der Waals surface area (Å²) in [7, 11) is 0. The van der Waals surface area contributed by atoms with Crippen LogP contribution in [0.2, 0.25) is 0 Å². The lowest BCUT2D eigenvalue weighted by Crippen LogP contribution is -2.10. The number of hydrogen-bond donors (Lipinski definition) is 0. The van der Waals surface area contributed by atoms with Gasteiger partial charge in [0.1, 0.15) is 0 Å². The molecule has 0 saturated heterocycles. The molecule has 0 aliphatic rings. The maximum Gasteiger partial charge on any atom is 0.0468 e. The smallest absolute Gasteiger partial charge is 0.0468 e. The molecule has 11 rings (SSSR count). The molecule has 0 amide bonds. The molecule has 1 heterocycles. The molecule has 0 spiro atoms. The summed E-state index contributed by atoms with van der Waals surface area (Å²) >= 11 is 1.87. The number of nitrogens with zero attached hydrogens (tertiary/aromatic N) is 1. The van der Waals surface area contributed by atoms with E-state index in [1.165, 1.54) is 96.6 Å². The molecule has 0 fully saturated rings. The first-order chi connectivity index (χ1) is 27.6. The average molecular weight is 732 g/mol. The number of benzene rings is 10. The van der Waals surface area contributed by atoms with E-state index in [1.807, 2.05) is 11.3 Å². The summed E-state index contributed by atoms with van der Waals surface area (Å²) in [6.45, 7) is 4.31. The second-order valence-corrected chi connectivity index (χ2v) is 16.2. The summed E-state index contributed by atoms with van der Waals surface area (Å²) in [4.78, 5) is 2.37. The van der Waals surface area contributed by atoms with E-state index in [2.05, 4.69) is 207 Å². The Morgan fingerprint density at radius 3 is 1.46 bits per heavy atom. The van der Waals surface area contributed by atoms with Crippen LogP contribution in [0, 0.1) is 13.8 Å². The average Bonchev–Trinajstić information content (AvgIpc) is 3.61. The van der Waals surface area contributed by atoms with E-state index in [0.717, 1.165) is 17.1 Å². The first kappa shape index (κ1) is 32.7. The SMILES string of the molecule is Cc1cccc(N(c2cccc(C)c2)c2ccc3cc(-c4cc5c6ccccc6c(-c6ccc7sc8ccccc8c7c6)cc5c5ccccc45)ccc3c2)c1. The lowest BCUT2D eigenvalue weighted by atomic mass is 9.87. The third kappa shape index (κ3) is 5.37. The van der Waals surface area contributed by atoms with Crippen LogP contribution in [0.5, 0.6) is 0 Å². The van der Waals surface area contributed by atoms with Crippen molar-refractivity contribution in [2.45, 2.75) is 13.8 Å². The molecule has 0 atom stereocenters. The maximum atomic E-state index is 2.44. The van der Waals surface area contributed by atoms with Gasteiger partial charge in [-0.15, -0.1) is 11.3 Å². The highest BCUT2D eigenvalue weighted by atomic mass is 32.1. The number of thiophene rings is 1. The van der Waals surface area contributed by atoms with Crippen molar-refractivity contribution >= 4 is 91.7 Å². The molecule has 0 unspecified atom stereocenters. The Balaban J connectivity index is 1.07. The van der Waals surface area contributed by atoms with Crippen LogP contribution < -0.4 is 4.90 Å². The zero-order valence-corrected chi connectivity index (χ0v) is 32.1. The number of hydrogen-bond acceptors (Lipinski definition) is 2. The fourth-order valence-electron chi connectivity index (χ4n) is 8.84. The van der Waals surface area contributed by atoms with Crippen LogP contribution in [0.15, 0.2) is 188 Å². The second-order valence-electron chi connectivity index (χ2n) is 15.1. The Morgan fingerprint density at radius 2 is 0.821 bits per heavy atom. The summed E-state index contributed by atoms with van der Waals surface area (Å²) < 4.78 is 2.67. The van der Waals surface area contributed by atoms with E-state index in [0.29, 0.717) is 0 Å². The van der Waals surface area contributed by atoms with Crippen LogP contribution in [-0.2, 0) is 0 Å². The van der Waals surface area contributed by atoms with Gasteiger partial charge in [-0.2, -0.15) is 0 Å². The Labute approximate surface area is 330 Å². The van der Waals surface area contributed by atoms with E-state index in [9.17, 15) is 0 Å². The van der Waals surface area contributed by atoms with Crippen molar-refractivity contribution in [1.29, 1.82) is 0 Å². The van der Waals surface area contributed by atoms with Crippen molar-refractivity contribution in [2.75, 3.05) is 4.90 Å².